The van der Waals surface area contributed by atoms with Gasteiger partial charge < -0.3 is 4.74 Å². The van der Waals surface area contributed by atoms with Gasteiger partial charge in [0.2, 0.25) is 0 Å². The molecule has 2 aliphatic rings. The summed E-state index contributed by atoms with van der Waals surface area (Å²) in [6.45, 7) is 12.6. The maximum absolute atomic E-state index is 12.7. The summed E-state index contributed by atoms with van der Waals surface area (Å²) in [5.41, 5.74) is 3.94. The number of piperidine rings is 1. The normalized spacial score (nSPS) is 23.0. The maximum atomic E-state index is 12.7. The fourth-order valence-corrected chi connectivity index (χ4v) is 4.23. The minimum Gasteiger partial charge on any atom is -0.444 e. The van der Waals surface area contributed by atoms with Gasteiger partial charge in [0, 0.05) is 6.04 Å². The maximum Gasteiger partial charge on any atom is 0.411 e. The Hall–Kier alpha value is -1.77. The van der Waals surface area contributed by atoms with Crippen molar-refractivity contribution in [3.8, 4) is 0 Å². The van der Waals surface area contributed by atoms with Gasteiger partial charge in [0.25, 0.3) is 0 Å². The average Bonchev–Trinajstić information content (AvgIpc) is 2.52. The van der Waals surface area contributed by atoms with Gasteiger partial charge in [0.05, 0.1) is 6.04 Å². The van der Waals surface area contributed by atoms with Gasteiger partial charge in [0.15, 0.2) is 0 Å². The van der Waals surface area contributed by atoms with Crippen molar-refractivity contribution in [2.45, 2.75) is 96.7 Å². The van der Waals surface area contributed by atoms with E-state index in [9.17, 15) is 4.79 Å². The minimum absolute atomic E-state index is 0.151. The molecule has 1 fully saturated rings. The van der Waals surface area contributed by atoms with Crippen molar-refractivity contribution in [3.63, 3.8) is 0 Å². The van der Waals surface area contributed by atoms with Crippen molar-refractivity contribution in [2.24, 2.45) is 0 Å². The van der Waals surface area contributed by atoms with Crippen LogP contribution in [-0.2, 0) is 16.6 Å². The van der Waals surface area contributed by atoms with Crippen LogP contribution in [0.15, 0.2) is 35.9 Å². The van der Waals surface area contributed by atoms with Crippen LogP contribution >= 0.6 is 0 Å². The van der Waals surface area contributed by atoms with Crippen LogP contribution in [0.5, 0.6) is 0 Å². The molecular weight excluding hydrogens is 334 g/mol. The van der Waals surface area contributed by atoms with Crippen molar-refractivity contribution < 1.29 is 9.53 Å². The number of fused-ring (bicyclic) bond motifs is 2. The largest absolute Gasteiger partial charge is 0.444 e. The highest BCUT2D eigenvalue weighted by Crippen LogP contribution is 2.35. The van der Waals surface area contributed by atoms with E-state index in [4.69, 9.17) is 4.74 Å². The summed E-state index contributed by atoms with van der Waals surface area (Å²) in [5, 5.41) is 0. The van der Waals surface area contributed by atoms with Gasteiger partial charge in [0.1, 0.15) is 5.60 Å². The van der Waals surface area contributed by atoms with Gasteiger partial charge in [-0.3, -0.25) is 4.90 Å². The Morgan fingerprint density at radius 3 is 2.30 bits per heavy atom. The summed E-state index contributed by atoms with van der Waals surface area (Å²) in [5.74, 6) is 0. The Morgan fingerprint density at radius 1 is 1.07 bits per heavy atom. The number of carbonyl (C=O) groups is 1. The summed E-state index contributed by atoms with van der Waals surface area (Å²) in [6.07, 6.45) is 7.45. The first-order valence-corrected chi connectivity index (χ1v) is 10.3. The molecule has 0 spiro atoms. The second-order valence-electron chi connectivity index (χ2n) is 10.2. The lowest BCUT2D eigenvalue weighted by Gasteiger charge is -2.45. The summed E-state index contributed by atoms with van der Waals surface area (Å²) in [7, 11) is 0. The number of hydrogen-bond acceptors (Lipinski definition) is 2. The number of nitrogens with zero attached hydrogens (tertiary/aromatic N) is 1. The summed E-state index contributed by atoms with van der Waals surface area (Å²) in [6, 6.07) is 9.51. The SMILES string of the molecule is CC(C)(C)OC(=O)N1C2C=C(Cc3ccc(C(C)(C)C)cc3)CC1CCC2. The molecule has 3 rings (SSSR count). The highest BCUT2D eigenvalue weighted by atomic mass is 16.6. The molecular formula is C24H35NO2. The Labute approximate surface area is 164 Å². The van der Waals surface area contributed by atoms with E-state index in [-0.39, 0.29) is 23.6 Å². The van der Waals surface area contributed by atoms with E-state index >= 15 is 0 Å². The fraction of sp³-hybridized carbons (Fsp3) is 0.625. The molecule has 2 aliphatic heterocycles. The molecule has 1 amide bonds. The number of ether oxygens (including phenoxy) is 1. The molecule has 2 unspecified atom stereocenters. The monoisotopic (exact) mass is 369 g/mol. The standard InChI is InChI=1S/C24H35NO2/c1-23(2,3)19-12-10-17(11-13-19)14-18-15-20-8-7-9-21(16-18)25(20)22(26)27-24(4,5)6/h10-13,15,20-21H,7-9,14,16H2,1-6H3. The highest BCUT2D eigenvalue weighted by molar-refractivity contribution is 5.70. The lowest BCUT2D eigenvalue weighted by Crippen LogP contribution is -2.53. The number of hydrogen-bond donors (Lipinski definition) is 0. The Balaban J connectivity index is 1.73. The Bertz CT molecular complexity index is 703. The highest BCUT2D eigenvalue weighted by Gasteiger charge is 2.39. The average molecular weight is 370 g/mol. The molecule has 0 N–H and O–H groups in total. The van der Waals surface area contributed by atoms with E-state index in [0.717, 1.165) is 25.7 Å². The quantitative estimate of drug-likeness (QED) is 0.597. The van der Waals surface area contributed by atoms with E-state index < -0.39 is 5.60 Å². The van der Waals surface area contributed by atoms with E-state index in [1.165, 1.54) is 23.1 Å². The molecule has 0 saturated carbocycles. The molecule has 0 aromatic heterocycles. The van der Waals surface area contributed by atoms with E-state index in [1.54, 1.807) is 0 Å². The predicted octanol–water partition coefficient (Wildman–Crippen LogP) is 6.01. The third kappa shape index (κ3) is 4.94. The first-order valence-electron chi connectivity index (χ1n) is 10.3. The van der Waals surface area contributed by atoms with Crippen LogP contribution in [0.25, 0.3) is 0 Å². The fourth-order valence-electron chi connectivity index (χ4n) is 4.23. The predicted molar refractivity (Wildman–Crippen MR) is 111 cm³/mol. The Morgan fingerprint density at radius 2 is 1.74 bits per heavy atom. The molecule has 2 heterocycles. The van der Waals surface area contributed by atoms with Gasteiger partial charge in [-0.25, -0.2) is 4.79 Å². The van der Waals surface area contributed by atoms with Crippen LogP contribution in [0.3, 0.4) is 0 Å². The second-order valence-corrected chi connectivity index (χ2v) is 10.2. The van der Waals surface area contributed by atoms with Crippen LogP contribution in [0, 0.1) is 0 Å². The van der Waals surface area contributed by atoms with Gasteiger partial charge in [-0.1, -0.05) is 56.7 Å². The smallest absolute Gasteiger partial charge is 0.411 e. The van der Waals surface area contributed by atoms with Crippen LogP contribution in [0.1, 0.15) is 78.4 Å². The zero-order valence-corrected chi connectivity index (χ0v) is 17.8. The van der Waals surface area contributed by atoms with Crippen LogP contribution in [0.2, 0.25) is 0 Å². The molecule has 2 atom stereocenters. The van der Waals surface area contributed by atoms with Crippen molar-refractivity contribution in [2.75, 3.05) is 0 Å². The molecule has 3 heteroatoms. The molecule has 27 heavy (non-hydrogen) atoms. The van der Waals surface area contributed by atoms with E-state index in [2.05, 4.69) is 51.1 Å². The van der Waals surface area contributed by atoms with Crippen molar-refractivity contribution in [3.05, 3.63) is 47.0 Å². The molecule has 1 saturated heterocycles. The summed E-state index contributed by atoms with van der Waals surface area (Å²) >= 11 is 0. The molecule has 1 aromatic rings. The van der Waals surface area contributed by atoms with Gasteiger partial charge in [-0.05, 0) is 69.4 Å². The topological polar surface area (TPSA) is 29.5 Å². The number of amides is 1. The summed E-state index contributed by atoms with van der Waals surface area (Å²) < 4.78 is 5.67. The van der Waals surface area contributed by atoms with Crippen LogP contribution < -0.4 is 0 Å². The Kier molecular flexibility index (Phi) is 5.42. The minimum atomic E-state index is -0.440. The van der Waals surface area contributed by atoms with Gasteiger partial charge in [-0.2, -0.15) is 0 Å². The van der Waals surface area contributed by atoms with Crippen LogP contribution in [0.4, 0.5) is 4.79 Å². The number of benzene rings is 1. The summed E-state index contributed by atoms with van der Waals surface area (Å²) in [4.78, 5) is 14.7. The molecule has 0 aliphatic carbocycles. The van der Waals surface area contributed by atoms with E-state index in [0.29, 0.717) is 0 Å². The lowest BCUT2D eigenvalue weighted by molar-refractivity contribution is -0.00150. The molecule has 3 nitrogen and oxygen atoms in total. The van der Waals surface area contributed by atoms with Crippen molar-refractivity contribution >= 4 is 6.09 Å². The zero-order chi connectivity index (χ0) is 19.8. The van der Waals surface area contributed by atoms with E-state index in [1.807, 2.05) is 25.7 Å². The first kappa shape index (κ1) is 20.0. The molecule has 1 aromatic carbocycles. The molecule has 0 radical (unpaired) electrons. The van der Waals surface area contributed by atoms with Crippen LogP contribution in [-0.4, -0.2) is 28.7 Å². The second kappa shape index (κ2) is 7.33. The first-order chi connectivity index (χ1) is 12.5. The lowest BCUT2D eigenvalue weighted by atomic mass is 9.82. The number of rotatable bonds is 2. The van der Waals surface area contributed by atoms with Crippen molar-refractivity contribution in [1.29, 1.82) is 0 Å². The molecule has 2 bridgehead atoms. The number of carbonyl (C=O) groups excluding carboxylic acids is 1. The van der Waals surface area contributed by atoms with Gasteiger partial charge in [-0.15, -0.1) is 0 Å². The zero-order valence-electron chi connectivity index (χ0n) is 17.8. The van der Waals surface area contributed by atoms with Crippen molar-refractivity contribution in [1.82, 2.24) is 4.90 Å². The third-order valence-electron chi connectivity index (χ3n) is 5.57. The van der Waals surface area contributed by atoms with Gasteiger partial charge >= 0.3 is 6.09 Å². The third-order valence-corrected chi connectivity index (χ3v) is 5.57. The molecule has 148 valence electrons.